The smallest absolute Gasteiger partial charge is 0.224 e. The number of benzene rings is 1. The van der Waals surface area contributed by atoms with Crippen LogP contribution in [0.3, 0.4) is 0 Å². The first-order valence-corrected chi connectivity index (χ1v) is 4.82. The molecule has 3 nitrogen and oxygen atoms in total. The summed E-state index contributed by atoms with van der Waals surface area (Å²) >= 11 is 0. The van der Waals surface area contributed by atoms with Gasteiger partial charge >= 0.3 is 0 Å². The third-order valence-corrected chi connectivity index (χ3v) is 2.54. The Morgan fingerprint density at radius 3 is 3.00 bits per heavy atom. The number of ether oxygens (including phenoxy) is 1. The van der Waals surface area contributed by atoms with Crippen molar-refractivity contribution in [3.05, 3.63) is 35.9 Å². The summed E-state index contributed by atoms with van der Waals surface area (Å²) in [4.78, 5) is 11.4. The molecule has 0 spiro atoms. The van der Waals surface area contributed by atoms with Gasteiger partial charge in [-0.15, -0.1) is 0 Å². The molecule has 1 aliphatic rings. The molecule has 78 valence electrons. The Morgan fingerprint density at radius 2 is 2.27 bits per heavy atom. The molecule has 0 saturated carbocycles. The monoisotopic (exact) mass is 203 g/mol. The van der Waals surface area contributed by atoms with Crippen LogP contribution in [-0.2, 0) is 11.2 Å². The van der Waals surface area contributed by atoms with E-state index >= 15 is 0 Å². The van der Waals surface area contributed by atoms with Crippen LogP contribution in [0.2, 0.25) is 0 Å². The molecule has 0 bridgehead atoms. The normalized spacial score (nSPS) is 15.3. The molecule has 3 heteroatoms. The summed E-state index contributed by atoms with van der Waals surface area (Å²) in [7, 11) is 1.62. The molecule has 0 radical (unpaired) electrons. The fraction of sp³-hybridized carbons (Fsp3) is 0.250. The quantitative estimate of drug-likeness (QED) is 0.748. The van der Waals surface area contributed by atoms with Gasteiger partial charge in [-0.3, -0.25) is 4.79 Å². The highest BCUT2D eigenvalue weighted by atomic mass is 16.5. The van der Waals surface area contributed by atoms with Gasteiger partial charge in [0.05, 0.1) is 13.5 Å². The Morgan fingerprint density at radius 1 is 1.47 bits per heavy atom. The van der Waals surface area contributed by atoms with E-state index in [2.05, 4.69) is 11.9 Å². The van der Waals surface area contributed by atoms with Gasteiger partial charge in [0.25, 0.3) is 0 Å². The first-order chi connectivity index (χ1) is 7.20. The minimum absolute atomic E-state index is 0.0307. The Hall–Kier alpha value is -1.77. The van der Waals surface area contributed by atoms with E-state index in [9.17, 15) is 4.79 Å². The van der Waals surface area contributed by atoms with Gasteiger partial charge in [-0.2, -0.15) is 0 Å². The lowest BCUT2D eigenvalue weighted by atomic mass is 10.00. The molecule has 1 aromatic carbocycles. The predicted octanol–water partition coefficient (Wildman–Crippen LogP) is 1.38. The van der Waals surface area contributed by atoms with Crippen molar-refractivity contribution in [2.24, 2.45) is 0 Å². The van der Waals surface area contributed by atoms with E-state index in [-0.39, 0.29) is 5.91 Å². The maximum Gasteiger partial charge on any atom is 0.224 e. The van der Waals surface area contributed by atoms with Crippen LogP contribution in [0.25, 0.3) is 5.57 Å². The third kappa shape index (κ3) is 1.86. The Balaban J connectivity index is 2.47. The number of carbonyl (C=O) groups is 1. The zero-order chi connectivity index (χ0) is 10.8. The van der Waals surface area contributed by atoms with Crippen LogP contribution in [0.1, 0.15) is 11.1 Å². The zero-order valence-electron chi connectivity index (χ0n) is 8.67. The van der Waals surface area contributed by atoms with Crippen LogP contribution in [-0.4, -0.2) is 19.6 Å². The van der Waals surface area contributed by atoms with Crippen molar-refractivity contribution in [2.75, 3.05) is 13.7 Å². The fourth-order valence-corrected chi connectivity index (χ4v) is 1.72. The van der Waals surface area contributed by atoms with Crippen molar-refractivity contribution >= 4 is 11.5 Å². The second-order valence-corrected chi connectivity index (χ2v) is 3.58. The minimum atomic E-state index is 0.0307. The van der Waals surface area contributed by atoms with Crippen molar-refractivity contribution in [2.45, 2.75) is 6.42 Å². The number of methoxy groups -OCH3 is 1. The summed E-state index contributed by atoms with van der Waals surface area (Å²) in [6.45, 7) is 4.48. The number of hydrogen-bond donors (Lipinski definition) is 1. The Kier molecular flexibility index (Phi) is 2.46. The number of carbonyl (C=O) groups excluding carboxylic acids is 1. The molecule has 2 rings (SSSR count). The predicted molar refractivity (Wildman–Crippen MR) is 58.7 cm³/mol. The van der Waals surface area contributed by atoms with Crippen LogP contribution in [0, 0.1) is 0 Å². The van der Waals surface area contributed by atoms with Gasteiger partial charge in [-0.25, -0.2) is 0 Å². The molecular weight excluding hydrogens is 190 g/mol. The van der Waals surface area contributed by atoms with Gasteiger partial charge < -0.3 is 10.1 Å². The van der Waals surface area contributed by atoms with Gasteiger partial charge in [-0.1, -0.05) is 12.6 Å². The molecule has 0 aliphatic carbocycles. The highest BCUT2D eigenvalue weighted by Gasteiger charge is 2.15. The second kappa shape index (κ2) is 3.77. The molecule has 0 atom stereocenters. The van der Waals surface area contributed by atoms with Gasteiger partial charge in [-0.05, 0) is 28.8 Å². The lowest BCUT2D eigenvalue weighted by Crippen LogP contribution is -2.23. The van der Waals surface area contributed by atoms with Gasteiger partial charge in [0.15, 0.2) is 0 Å². The lowest BCUT2D eigenvalue weighted by molar-refractivity contribution is -0.120. The molecule has 0 fully saturated rings. The Labute approximate surface area is 88.8 Å². The van der Waals surface area contributed by atoms with Gasteiger partial charge in [0, 0.05) is 6.54 Å². The third-order valence-electron chi connectivity index (χ3n) is 2.54. The second-order valence-electron chi connectivity index (χ2n) is 3.58. The number of amides is 1. The molecule has 1 heterocycles. The van der Waals surface area contributed by atoms with E-state index in [4.69, 9.17) is 4.74 Å². The molecule has 1 amide bonds. The van der Waals surface area contributed by atoms with E-state index in [1.165, 1.54) is 0 Å². The van der Waals surface area contributed by atoms with Crippen LogP contribution >= 0.6 is 0 Å². The van der Waals surface area contributed by atoms with Crippen LogP contribution < -0.4 is 10.1 Å². The van der Waals surface area contributed by atoms with E-state index in [1.807, 2.05) is 18.2 Å². The van der Waals surface area contributed by atoms with Crippen LogP contribution in [0.5, 0.6) is 5.75 Å². The molecule has 1 aromatic rings. The molecule has 15 heavy (non-hydrogen) atoms. The zero-order valence-corrected chi connectivity index (χ0v) is 8.67. The molecular formula is C12H13NO2. The average Bonchev–Trinajstić information content (AvgIpc) is 2.38. The molecule has 1 N–H and O–H groups in total. The highest BCUT2D eigenvalue weighted by molar-refractivity contribution is 5.85. The highest BCUT2D eigenvalue weighted by Crippen LogP contribution is 2.24. The molecule has 0 unspecified atom stereocenters. The standard InChI is InChI=1S/C12H13NO2/c1-8-7-13-12(14)6-9-5-10(15-2)3-4-11(8)9/h3-5H,1,6-7H2,2H3,(H,13,14). The van der Waals surface area contributed by atoms with Crippen LogP contribution in [0.4, 0.5) is 0 Å². The lowest BCUT2D eigenvalue weighted by Gasteiger charge is -2.08. The summed E-state index contributed by atoms with van der Waals surface area (Å²) in [5, 5.41) is 2.80. The average molecular weight is 203 g/mol. The summed E-state index contributed by atoms with van der Waals surface area (Å²) in [5.74, 6) is 0.805. The van der Waals surface area contributed by atoms with Crippen molar-refractivity contribution in [3.63, 3.8) is 0 Å². The van der Waals surface area contributed by atoms with Crippen molar-refractivity contribution in [1.82, 2.24) is 5.32 Å². The molecule has 0 aromatic heterocycles. The maximum atomic E-state index is 11.4. The summed E-state index contributed by atoms with van der Waals surface area (Å²) in [6, 6.07) is 5.74. The van der Waals surface area contributed by atoms with E-state index in [1.54, 1.807) is 7.11 Å². The van der Waals surface area contributed by atoms with E-state index in [0.717, 1.165) is 22.4 Å². The van der Waals surface area contributed by atoms with Crippen LogP contribution in [0.15, 0.2) is 24.8 Å². The number of fused-ring (bicyclic) bond motifs is 1. The minimum Gasteiger partial charge on any atom is -0.497 e. The summed E-state index contributed by atoms with van der Waals surface area (Å²) in [5.41, 5.74) is 2.97. The molecule has 1 aliphatic heterocycles. The van der Waals surface area contributed by atoms with Crippen molar-refractivity contribution in [1.29, 1.82) is 0 Å². The van der Waals surface area contributed by atoms with E-state index < -0.39 is 0 Å². The Bertz CT molecular complexity index is 424. The number of hydrogen-bond acceptors (Lipinski definition) is 2. The largest absolute Gasteiger partial charge is 0.497 e. The first kappa shape index (κ1) is 9.77. The van der Waals surface area contributed by atoms with E-state index in [0.29, 0.717) is 13.0 Å². The SMILES string of the molecule is C=C1CNC(=O)Cc2cc(OC)ccc21. The maximum absolute atomic E-state index is 11.4. The topological polar surface area (TPSA) is 38.3 Å². The van der Waals surface area contributed by atoms with Gasteiger partial charge in [0.2, 0.25) is 5.91 Å². The van der Waals surface area contributed by atoms with Crippen molar-refractivity contribution < 1.29 is 9.53 Å². The molecule has 0 saturated heterocycles. The fourth-order valence-electron chi connectivity index (χ4n) is 1.72. The summed E-state index contributed by atoms with van der Waals surface area (Å²) < 4.78 is 5.13. The van der Waals surface area contributed by atoms with Gasteiger partial charge in [0.1, 0.15) is 5.75 Å². The first-order valence-electron chi connectivity index (χ1n) is 4.82. The number of rotatable bonds is 1. The summed E-state index contributed by atoms with van der Waals surface area (Å²) in [6.07, 6.45) is 0.394. The van der Waals surface area contributed by atoms with Crippen molar-refractivity contribution in [3.8, 4) is 5.75 Å². The number of nitrogens with one attached hydrogen (secondary N) is 1.